The molecule has 2 rings (SSSR count). The van der Waals surface area contributed by atoms with Crippen LogP contribution in [-0.4, -0.2) is 32.5 Å². The van der Waals surface area contributed by atoms with Crippen LogP contribution in [0.15, 0.2) is 11.0 Å². The van der Waals surface area contributed by atoms with Gasteiger partial charge in [0.2, 0.25) is 0 Å². The number of nitrogens with two attached hydrogens (primary N) is 1. The number of nitrogens with zero attached hydrogens (tertiary/aromatic N) is 2. The average Bonchev–Trinajstić information content (AvgIpc) is 2.71. The Bertz CT molecular complexity index is 453. The van der Waals surface area contributed by atoms with Gasteiger partial charge in [-0.3, -0.25) is 4.57 Å². The van der Waals surface area contributed by atoms with E-state index in [-0.39, 0.29) is 22.9 Å². The molecule has 0 aromatic carbocycles. The van der Waals surface area contributed by atoms with Crippen LogP contribution < -0.4 is 11.4 Å². The first-order valence-corrected chi connectivity index (χ1v) is 5.96. The molecule has 0 amide bonds. The summed E-state index contributed by atoms with van der Waals surface area (Å²) in [5.41, 5.74) is 4.58. The second kappa shape index (κ2) is 4.62. The van der Waals surface area contributed by atoms with E-state index in [2.05, 4.69) is 4.98 Å². The lowest BCUT2D eigenvalue weighted by atomic mass is 10.5. The molecule has 1 aliphatic rings. The summed E-state index contributed by atoms with van der Waals surface area (Å²) >= 11 is 7.21. The van der Waals surface area contributed by atoms with Gasteiger partial charge in [0.25, 0.3) is 0 Å². The maximum atomic E-state index is 11.5. The average molecular weight is 264 g/mol. The molecule has 16 heavy (non-hydrogen) atoms. The van der Waals surface area contributed by atoms with Crippen molar-refractivity contribution in [3.8, 4) is 0 Å². The van der Waals surface area contributed by atoms with Gasteiger partial charge in [0.1, 0.15) is 17.5 Å². The molecule has 1 saturated heterocycles. The Kier molecular flexibility index (Phi) is 3.38. The Balaban J connectivity index is 2.28. The SMILES string of the molecule is Nc1nc(=O)n([C@H]2CS[C@H](CO)O2)cc1Cl. The van der Waals surface area contributed by atoms with Crippen LogP contribution in [0.25, 0.3) is 0 Å². The number of aromatic nitrogens is 2. The monoisotopic (exact) mass is 263 g/mol. The number of anilines is 1. The molecule has 88 valence electrons. The predicted molar refractivity (Wildman–Crippen MR) is 61.4 cm³/mol. The molecule has 1 aromatic rings. The molecule has 1 aliphatic heterocycles. The van der Waals surface area contributed by atoms with E-state index in [1.165, 1.54) is 22.5 Å². The fourth-order valence-corrected chi connectivity index (χ4v) is 2.43. The van der Waals surface area contributed by atoms with E-state index in [4.69, 9.17) is 27.2 Å². The quantitative estimate of drug-likeness (QED) is 0.784. The Morgan fingerprint density at radius 2 is 2.56 bits per heavy atom. The Labute approximate surface area is 100 Å². The number of aliphatic hydroxyl groups is 1. The summed E-state index contributed by atoms with van der Waals surface area (Å²) in [6.07, 6.45) is 0.942. The fraction of sp³-hybridized carbons (Fsp3) is 0.500. The lowest BCUT2D eigenvalue weighted by molar-refractivity contribution is -0.00627. The van der Waals surface area contributed by atoms with Gasteiger partial charge in [-0.15, -0.1) is 11.8 Å². The highest BCUT2D eigenvalue weighted by Crippen LogP contribution is 2.31. The third kappa shape index (κ3) is 2.17. The minimum absolute atomic E-state index is 0.00674. The first-order valence-electron chi connectivity index (χ1n) is 4.54. The lowest BCUT2D eigenvalue weighted by Crippen LogP contribution is -2.29. The second-order valence-corrected chi connectivity index (χ2v) is 4.80. The van der Waals surface area contributed by atoms with Crippen LogP contribution in [0.1, 0.15) is 6.23 Å². The minimum Gasteiger partial charge on any atom is -0.393 e. The summed E-state index contributed by atoms with van der Waals surface area (Å²) in [5, 5.41) is 9.11. The van der Waals surface area contributed by atoms with E-state index >= 15 is 0 Å². The normalized spacial score (nSPS) is 24.9. The third-order valence-electron chi connectivity index (χ3n) is 2.13. The van der Waals surface area contributed by atoms with Crippen molar-refractivity contribution in [1.82, 2.24) is 9.55 Å². The lowest BCUT2D eigenvalue weighted by Gasteiger charge is -2.13. The molecule has 0 saturated carbocycles. The summed E-state index contributed by atoms with van der Waals surface area (Å²) < 4.78 is 6.69. The largest absolute Gasteiger partial charge is 0.393 e. The van der Waals surface area contributed by atoms with Gasteiger partial charge in [-0.05, 0) is 0 Å². The smallest absolute Gasteiger partial charge is 0.351 e. The zero-order chi connectivity index (χ0) is 11.7. The van der Waals surface area contributed by atoms with Gasteiger partial charge in [0, 0.05) is 11.9 Å². The highest BCUT2D eigenvalue weighted by atomic mass is 35.5. The van der Waals surface area contributed by atoms with E-state index < -0.39 is 11.9 Å². The highest BCUT2D eigenvalue weighted by Gasteiger charge is 2.27. The van der Waals surface area contributed by atoms with Crippen LogP contribution in [0.3, 0.4) is 0 Å². The molecule has 0 aliphatic carbocycles. The van der Waals surface area contributed by atoms with Gasteiger partial charge in [-0.1, -0.05) is 11.6 Å². The summed E-state index contributed by atoms with van der Waals surface area (Å²) in [6.45, 7) is -0.0912. The molecule has 8 heteroatoms. The van der Waals surface area contributed by atoms with Gasteiger partial charge in [-0.2, -0.15) is 4.98 Å². The van der Waals surface area contributed by atoms with Gasteiger partial charge in [0.05, 0.1) is 11.6 Å². The van der Waals surface area contributed by atoms with Crippen LogP contribution in [0.5, 0.6) is 0 Å². The molecule has 1 fully saturated rings. The number of hydrogen-bond acceptors (Lipinski definition) is 6. The second-order valence-electron chi connectivity index (χ2n) is 3.20. The van der Waals surface area contributed by atoms with Crippen molar-refractivity contribution in [2.75, 3.05) is 18.1 Å². The number of ether oxygens (including phenoxy) is 1. The number of hydrogen-bond donors (Lipinski definition) is 2. The molecule has 3 N–H and O–H groups in total. The summed E-state index contributed by atoms with van der Waals surface area (Å²) in [6, 6.07) is 0. The van der Waals surface area contributed by atoms with E-state index in [0.717, 1.165) is 0 Å². The van der Waals surface area contributed by atoms with Crippen LogP contribution in [-0.2, 0) is 4.74 Å². The van der Waals surface area contributed by atoms with Crippen molar-refractivity contribution in [3.05, 3.63) is 21.7 Å². The molecule has 2 atom stereocenters. The van der Waals surface area contributed by atoms with E-state index in [9.17, 15) is 4.79 Å². The maximum absolute atomic E-state index is 11.5. The first-order chi connectivity index (χ1) is 7.61. The number of halogens is 1. The summed E-state index contributed by atoms with van der Waals surface area (Å²) in [7, 11) is 0. The number of nitrogen functional groups attached to an aromatic ring is 1. The molecular weight excluding hydrogens is 254 g/mol. The fourth-order valence-electron chi connectivity index (χ4n) is 1.35. The van der Waals surface area contributed by atoms with Crippen molar-refractivity contribution in [2.45, 2.75) is 11.7 Å². The van der Waals surface area contributed by atoms with Gasteiger partial charge in [0.15, 0.2) is 0 Å². The van der Waals surface area contributed by atoms with Crippen LogP contribution in [0.2, 0.25) is 5.02 Å². The van der Waals surface area contributed by atoms with Crippen LogP contribution in [0, 0.1) is 0 Å². The molecule has 0 spiro atoms. The van der Waals surface area contributed by atoms with Crippen molar-refractivity contribution in [2.24, 2.45) is 0 Å². The van der Waals surface area contributed by atoms with Crippen LogP contribution in [0.4, 0.5) is 5.82 Å². The topological polar surface area (TPSA) is 90.4 Å². The molecule has 0 radical (unpaired) electrons. The highest BCUT2D eigenvalue weighted by molar-refractivity contribution is 8.00. The standard InChI is InChI=1S/C8H10ClN3O3S/c9-4-1-12(8(14)11-7(4)10)5-3-16-6(2-13)15-5/h1,5-6,13H,2-3H2,(H2,10,11,14)/t5-,6-/m1/s1. The van der Waals surface area contributed by atoms with Crippen molar-refractivity contribution >= 4 is 29.2 Å². The van der Waals surface area contributed by atoms with Crippen molar-refractivity contribution in [3.63, 3.8) is 0 Å². The van der Waals surface area contributed by atoms with Crippen molar-refractivity contribution in [1.29, 1.82) is 0 Å². The summed E-state index contributed by atoms with van der Waals surface area (Å²) in [4.78, 5) is 15.1. The van der Waals surface area contributed by atoms with E-state index in [1.807, 2.05) is 0 Å². The molecule has 0 bridgehead atoms. The maximum Gasteiger partial charge on any atom is 0.351 e. The Morgan fingerprint density at radius 1 is 1.81 bits per heavy atom. The summed E-state index contributed by atoms with van der Waals surface area (Å²) in [5.74, 6) is 0.569. The van der Waals surface area contributed by atoms with Gasteiger partial charge in [-0.25, -0.2) is 4.79 Å². The molecule has 6 nitrogen and oxygen atoms in total. The number of rotatable bonds is 2. The molecule has 0 unspecified atom stereocenters. The van der Waals surface area contributed by atoms with E-state index in [1.54, 1.807) is 0 Å². The zero-order valence-electron chi connectivity index (χ0n) is 8.17. The third-order valence-corrected chi connectivity index (χ3v) is 3.53. The first kappa shape index (κ1) is 11.7. The zero-order valence-corrected chi connectivity index (χ0v) is 9.74. The van der Waals surface area contributed by atoms with Crippen molar-refractivity contribution < 1.29 is 9.84 Å². The van der Waals surface area contributed by atoms with Gasteiger partial charge >= 0.3 is 5.69 Å². The van der Waals surface area contributed by atoms with Gasteiger partial charge < -0.3 is 15.6 Å². The number of thioether (sulfide) groups is 1. The molecule has 1 aromatic heterocycles. The predicted octanol–water partition coefficient (Wildman–Crippen LogP) is 0.0593. The molecular formula is C8H10ClN3O3S. The molecule has 2 heterocycles. The van der Waals surface area contributed by atoms with E-state index in [0.29, 0.717) is 5.75 Å². The Hall–Kier alpha value is -0.760. The van der Waals surface area contributed by atoms with Crippen LogP contribution >= 0.6 is 23.4 Å². The Morgan fingerprint density at radius 3 is 3.19 bits per heavy atom. The number of aliphatic hydroxyl groups excluding tert-OH is 1. The minimum atomic E-state index is -0.508.